The summed E-state index contributed by atoms with van der Waals surface area (Å²) in [5.41, 5.74) is 13.6. The fourth-order valence-corrected chi connectivity index (χ4v) is 6.99. The van der Waals surface area contributed by atoms with Gasteiger partial charge in [-0.15, -0.1) is 0 Å². The third kappa shape index (κ3) is 4.28. The molecule has 5 aliphatic rings. The summed E-state index contributed by atoms with van der Waals surface area (Å²) in [5, 5.41) is 5.58. The molecule has 4 fully saturated rings. The highest BCUT2D eigenvalue weighted by molar-refractivity contribution is 5.71. The van der Waals surface area contributed by atoms with Crippen molar-refractivity contribution in [2.45, 2.75) is 45.1 Å². The predicted octanol–water partition coefficient (Wildman–Crippen LogP) is 2.72. The molecule has 1 aromatic carbocycles. The summed E-state index contributed by atoms with van der Waals surface area (Å²) in [6, 6.07) is 6.54. The maximum Gasteiger partial charge on any atom is 0.222 e. The first-order chi connectivity index (χ1) is 18.0. The van der Waals surface area contributed by atoms with Gasteiger partial charge in [0.15, 0.2) is 5.82 Å². The summed E-state index contributed by atoms with van der Waals surface area (Å²) < 4.78 is 25.0. The number of rotatable bonds is 8. The Morgan fingerprint density at radius 3 is 2.70 bits per heavy atom. The first-order valence-electron chi connectivity index (χ1n) is 13.5. The van der Waals surface area contributed by atoms with Crippen molar-refractivity contribution in [2.24, 2.45) is 23.2 Å². The second-order valence-electron chi connectivity index (χ2n) is 11.7. The van der Waals surface area contributed by atoms with E-state index in [0.29, 0.717) is 30.8 Å². The fourth-order valence-electron chi connectivity index (χ4n) is 6.99. The summed E-state index contributed by atoms with van der Waals surface area (Å²) in [4.78, 5) is 11.5. The van der Waals surface area contributed by atoms with Gasteiger partial charge in [-0.1, -0.05) is 12.1 Å². The molecule has 198 valence electrons. The number of hydrazine groups is 1. The van der Waals surface area contributed by atoms with Crippen molar-refractivity contribution in [1.29, 1.82) is 0 Å². The van der Waals surface area contributed by atoms with E-state index in [9.17, 15) is 4.39 Å². The number of halogens is 1. The molecule has 1 unspecified atom stereocenters. The topological polar surface area (TPSA) is 101 Å². The molecule has 3 aliphatic heterocycles. The van der Waals surface area contributed by atoms with Crippen LogP contribution in [0.1, 0.15) is 36.1 Å². The lowest BCUT2D eigenvalue weighted by atomic mass is 9.71. The monoisotopic (exact) mass is 509 g/mol. The first kappa shape index (κ1) is 23.4. The van der Waals surface area contributed by atoms with E-state index in [2.05, 4.69) is 48.8 Å². The number of nitrogens with two attached hydrogens (primary N) is 1. The van der Waals surface area contributed by atoms with Gasteiger partial charge in [-0.25, -0.2) is 14.8 Å². The van der Waals surface area contributed by atoms with Crippen LogP contribution in [-0.4, -0.2) is 61.0 Å². The molecule has 1 aromatic heterocycles. The molecule has 37 heavy (non-hydrogen) atoms. The minimum atomic E-state index is -0.589. The lowest BCUT2D eigenvalue weighted by Gasteiger charge is -2.36. The van der Waals surface area contributed by atoms with Crippen LogP contribution in [0.4, 0.5) is 21.8 Å². The zero-order valence-corrected chi connectivity index (χ0v) is 21.4. The van der Waals surface area contributed by atoms with E-state index in [1.807, 2.05) is 0 Å². The van der Waals surface area contributed by atoms with E-state index < -0.39 is 6.17 Å². The molecular formula is C27H36FN7O2. The van der Waals surface area contributed by atoms with Gasteiger partial charge in [0.05, 0.1) is 39.1 Å². The van der Waals surface area contributed by atoms with Crippen molar-refractivity contribution in [3.8, 4) is 5.75 Å². The molecule has 10 heteroatoms. The highest BCUT2D eigenvalue weighted by Crippen LogP contribution is 2.64. The van der Waals surface area contributed by atoms with E-state index in [-0.39, 0.29) is 11.4 Å². The number of aromatic nitrogens is 2. The van der Waals surface area contributed by atoms with Gasteiger partial charge in [0.2, 0.25) is 5.95 Å². The van der Waals surface area contributed by atoms with Crippen LogP contribution in [0, 0.1) is 23.2 Å². The highest BCUT2D eigenvalue weighted by atomic mass is 19.1. The number of alkyl halides is 1. The van der Waals surface area contributed by atoms with E-state index >= 15 is 0 Å². The van der Waals surface area contributed by atoms with Crippen LogP contribution in [0.15, 0.2) is 18.2 Å². The number of fused-ring (bicyclic) bond motifs is 2. The van der Waals surface area contributed by atoms with Crippen LogP contribution >= 0.6 is 0 Å². The maximum atomic E-state index is 13.6. The molecule has 4 N–H and O–H groups in total. The van der Waals surface area contributed by atoms with Gasteiger partial charge in [0.25, 0.3) is 0 Å². The fraction of sp³-hybridized carbons (Fsp3) is 0.630. The average molecular weight is 510 g/mol. The van der Waals surface area contributed by atoms with Crippen LogP contribution in [0.5, 0.6) is 5.75 Å². The van der Waals surface area contributed by atoms with Crippen molar-refractivity contribution in [3.63, 3.8) is 0 Å². The van der Waals surface area contributed by atoms with Crippen molar-refractivity contribution in [3.05, 3.63) is 35.0 Å². The Bertz CT molecular complexity index is 1180. The van der Waals surface area contributed by atoms with Crippen LogP contribution in [0.2, 0.25) is 0 Å². The van der Waals surface area contributed by atoms with Gasteiger partial charge in [0.1, 0.15) is 17.6 Å². The normalized spacial score (nSPS) is 31.9. The lowest BCUT2D eigenvalue weighted by Crippen LogP contribution is -2.34. The minimum absolute atomic E-state index is 0.00258. The molecular weight excluding hydrogens is 473 g/mol. The van der Waals surface area contributed by atoms with Gasteiger partial charge in [-0.2, -0.15) is 4.98 Å². The standard InChI is InChI=1S/C27H36FN7O2/c1-36-22-4-16(10-34-11-19-14-37-15-20(19)12-34)2-3-18(22)13-35-24-21(9-31-35)32-26(29)33-25(24)30-8-17-5-27(6-17)7-23(27)28/h2-4,17,19-20,23,31H,5-15H2,1H3,(H3,29,30,32,33)/t17?,19-,20+,23?,27?. The third-order valence-corrected chi connectivity index (χ3v) is 9.12. The molecule has 1 spiro atoms. The Balaban J connectivity index is 1.04. The third-order valence-electron chi connectivity index (χ3n) is 9.12. The van der Waals surface area contributed by atoms with Crippen molar-refractivity contribution in [1.82, 2.24) is 20.3 Å². The molecule has 0 radical (unpaired) electrons. The van der Waals surface area contributed by atoms with Crippen molar-refractivity contribution < 1.29 is 13.9 Å². The van der Waals surface area contributed by atoms with Crippen LogP contribution in [0.3, 0.4) is 0 Å². The Morgan fingerprint density at radius 1 is 1.19 bits per heavy atom. The average Bonchev–Trinajstić information content (AvgIpc) is 3.18. The molecule has 4 heterocycles. The first-order valence-corrected chi connectivity index (χ1v) is 13.5. The second-order valence-corrected chi connectivity index (χ2v) is 11.7. The zero-order chi connectivity index (χ0) is 25.1. The lowest BCUT2D eigenvalue weighted by molar-refractivity contribution is 0.144. The molecule has 3 atom stereocenters. The molecule has 2 aromatic rings. The number of likely N-dealkylation sites (tertiary alicyclic amines) is 1. The quantitative estimate of drug-likeness (QED) is 0.496. The number of benzene rings is 1. The Kier molecular flexibility index (Phi) is 5.67. The number of ether oxygens (including phenoxy) is 2. The minimum Gasteiger partial charge on any atom is -0.496 e. The number of methoxy groups -OCH3 is 1. The zero-order valence-electron chi connectivity index (χ0n) is 21.4. The van der Waals surface area contributed by atoms with Crippen LogP contribution in [-0.2, 0) is 24.4 Å². The Labute approximate surface area is 216 Å². The molecule has 0 bridgehead atoms. The number of hydrogen-bond donors (Lipinski definition) is 3. The number of nitrogens with zero attached hydrogens (tertiary/aromatic N) is 4. The molecule has 2 aliphatic carbocycles. The number of hydrogen-bond acceptors (Lipinski definition) is 9. The predicted molar refractivity (Wildman–Crippen MR) is 139 cm³/mol. The van der Waals surface area contributed by atoms with E-state index in [0.717, 1.165) is 87.2 Å². The molecule has 7 rings (SSSR count). The van der Waals surface area contributed by atoms with Crippen LogP contribution in [0.25, 0.3) is 0 Å². The largest absolute Gasteiger partial charge is 0.496 e. The summed E-state index contributed by atoms with van der Waals surface area (Å²) in [5.74, 6) is 3.72. The van der Waals surface area contributed by atoms with Crippen molar-refractivity contribution >= 4 is 17.5 Å². The van der Waals surface area contributed by atoms with Crippen molar-refractivity contribution in [2.75, 3.05) is 56.0 Å². The highest BCUT2D eigenvalue weighted by Gasteiger charge is 2.62. The van der Waals surface area contributed by atoms with Gasteiger partial charge in [0, 0.05) is 49.0 Å². The number of nitrogens with one attached hydrogen (secondary N) is 2. The Morgan fingerprint density at radius 2 is 1.97 bits per heavy atom. The summed E-state index contributed by atoms with van der Waals surface area (Å²) in [6.45, 7) is 6.93. The number of nitrogen functional groups attached to an aromatic ring is 1. The van der Waals surface area contributed by atoms with E-state index in [1.54, 1.807) is 7.11 Å². The van der Waals surface area contributed by atoms with Crippen LogP contribution < -0.4 is 26.2 Å². The molecule has 2 saturated heterocycles. The molecule has 0 amide bonds. The van der Waals surface area contributed by atoms with Gasteiger partial charge >= 0.3 is 0 Å². The van der Waals surface area contributed by atoms with Gasteiger partial charge in [-0.05, 0) is 36.8 Å². The van der Waals surface area contributed by atoms with E-state index in [4.69, 9.17) is 15.2 Å². The number of anilines is 3. The summed E-state index contributed by atoms with van der Waals surface area (Å²) >= 11 is 0. The maximum absolute atomic E-state index is 13.6. The van der Waals surface area contributed by atoms with E-state index in [1.165, 1.54) is 5.56 Å². The summed E-state index contributed by atoms with van der Waals surface area (Å²) in [6.07, 6.45) is 2.07. The molecule has 9 nitrogen and oxygen atoms in total. The van der Waals surface area contributed by atoms with Gasteiger partial charge in [-0.3, -0.25) is 9.91 Å². The molecule has 2 saturated carbocycles. The van der Waals surface area contributed by atoms with Gasteiger partial charge < -0.3 is 20.5 Å². The SMILES string of the molecule is COc1cc(CN2C[C@H]3COC[C@H]3C2)ccc1CN1NCc2nc(N)nc(NCC3CC4(C3)CC4F)c21. The second kappa shape index (κ2) is 8.96. The smallest absolute Gasteiger partial charge is 0.222 e. The summed E-state index contributed by atoms with van der Waals surface area (Å²) in [7, 11) is 1.73. The Hall–Kier alpha value is -2.69.